The molecular formula is C14H10F2N2. The van der Waals surface area contributed by atoms with Crippen LogP contribution in [-0.2, 0) is 0 Å². The maximum absolute atomic E-state index is 13.8. The monoisotopic (exact) mass is 244 g/mol. The van der Waals surface area contributed by atoms with Gasteiger partial charge in [0, 0.05) is 28.9 Å². The van der Waals surface area contributed by atoms with Gasteiger partial charge in [0.2, 0.25) is 0 Å². The minimum Gasteiger partial charge on any atom is -0.354 e. The van der Waals surface area contributed by atoms with Gasteiger partial charge in [-0.3, -0.25) is 4.98 Å². The largest absolute Gasteiger partial charge is 0.354 e. The fourth-order valence-corrected chi connectivity index (χ4v) is 2.17. The van der Waals surface area contributed by atoms with E-state index in [0.717, 1.165) is 17.3 Å². The van der Waals surface area contributed by atoms with E-state index in [2.05, 4.69) is 9.97 Å². The van der Waals surface area contributed by atoms with Crippen molar-refractivity contribution in [3.63, 3.8) is 0 Å². The van der Waals surface area contributed by atoms with E-state index in [0.29, 0.717) is 16.5 Å². The second kappa shape index (κ2) is 3.91. The average Bonchev–Trinajstić information content (AvgIpc) is 2.73. The van der Waals surface area contributed by atoms with Gasteiger partial charge in [0.25, 0.3) is 0 Å². The van der Waals surface area contributed by atoms with Crippen molar-refractivity contribution < 1.29 is 8.78 Å². The zero-order valence-electron chi connectivity index (χ0n) is 9.67. The molecule has 0 bridgehead atoms. The molecule has 3 rings (SSSR count). The fourth-order valence-electron chi connectivity index (χ4n) is 2.17. The Balaban J connectivity index is 2.34. The molecule has 0 saturated heterocycles. The standard InChI is InChI=1S/C14H10F2N2/c1-8-12-11(5-4-10(15)13(12)16)18-14(8)9-3-2-6-17-7-9/h2-7,18H,1H3. The Labute approximate surface area is 102 Å². The maximum Gasteiger partial charge on any atom is 0.168 e. The van der Waals surface area contributed by atoms with Gasteiger partial charge in [-0.1, -0.05) is 0 Å². The number of aryl methyl sites for hydroxylation is 1. The first-order valence-corrected chi connectivity index (χ1v) is 5.55. The van der Waals surface area contributed by atoms with E-state index in [9.17, 15) is 8.78 Å². The van der Waals surface area contributed by atoms with Gasteiger partial charge in [-0.25, -0.2) is 8.78 Å². The van der Waals surface area contributed by atoms with E-state index in [4.69, 9.17) is 0 Å². The van der Waals surface area contributed by atoms with Gasteiger partial charge in [-0.15, -0.1) is 0 Å². The van der Waals surface area contributed by atoms with Crippen molar-refractivity contribution in [3.8, 4) is 11.3 Å². The van der Waals surface area contributed by atoms with E-state index in [1.807, 2.05) is 6.07 Å². The Morgan fingerprint density at radius 3 is 2.72 bits per heavy atom. The molecule has 0 aliphatic heterocycles. The van der Waals surface area contributed by atoms with Crippen molar-refractivity contribution in [2.24, 2.45) is 0 Å². The number of fused-ring (bicyclic) bond motifs is 1. The second-order valence-electron chi connectivity index (χ2n) is 4.15. The van der Waals surface area contributed by atoms with Crippen LogP contribution in [0.25, 0.3) is 22.2 Å². The molecule has 0 unspecified atom stereocenters. The number of rotatable bonds is 1. The summed E-state index contributed by atoms with van der Waals surface area (Å²) in [7, 11) is 0. The summed E-state index contributed by atoms with van der Waals surface area (Å²) in [6, 6.07) is 6.34. The summed E-state index contributed by atoms with van der Waals surface area (Å²) in [5.41, 5.74) is 2.90. The van der Waals surface area contributed by atoms with Crippen LogP contribution in [0.2, 0.25) is 0 Å². The van der Waals surface area contributed by atoms with E-state index in [-0.39, 0.29) is 0 Å². The number of hydrogen-bond acceptors (Lipinski definition) is 1. The van der Waals surface area contributed by atoms with Gasteiger partial charge in [0.1, 0.15) is 0 Å². The number of halogens is 2. The number of benzene rings is 1. The summed E-state index contributed by atoms with van der Waals surface area (Å²) in [6.07, 6.45) is 3.35. The van der Waals surface area contributed by atoms with Crippen molar-refractivity contribution in [1.82, 2.24) is 9.97 Å². The number of H-pyrrole nitrogens is 1. The number of pyridine rings is 1. The molecule has 0 aliphatic carbocycles. The quantitative estimate of drug-likeness (QED) is 0.692. The normalized spacial score (nSPS) is 11.1. The van der Waals surface area contributed by atoms with Crippen LogP contribution >= 0.6 is 0 Å². The van der Waals surface area contributed by atoms with Crippen LogP contribution in [0.15, 0.2) is 36.7 Å². The molecule has 90 valence electrons. The second-order valence-corrected chi connectivity index (χ2v) is 4.15. The van der Waals surface area contributed by atoms with Gasteiger partial charge in [0.15, 0.2) is 11.6 Å². The Bertz CT molecular complexity index is 717. The van der Waals surface area contributed by atoms with Crippen LogP contribution in [0.3, 0.4) is 0 Å². The summed E-state index contributed by atoms with van der Waals surface area (Å²) in [5.74, 6) is -1.64. The molecule has 0 aliphatic rings. The predicted molar refractivity (Wildman–Crippen MR) is 66.2 cm³/mol. The molecule has 0 saturated carbocycles. The van der Waals surface area contributed by atoms with Gasteiger partial charge < -0.3 is 4.98 Å². The molecule has 1 aromatic carbocycles. The van der Waals surface area contributed by atoms with Crippen molar-refractivity contribution in [2.45, 2.75) is 6.92 Å². The van der Waals surface area contributed by atoms with Crippen LogP contribution in [0.1, 0.15) is 5.56 Å². The lowest BCUT2D eigenvalue weighted by Gasteiger charge is -1.99. The number of nitrogens with one attached hydrogen (secondary N) is 1. The number of nitrogens with zero attached hydrogens (tertiary/aromatic N) is 1. The average molecular weight is 244 g/mol. The smallest absolute Gasteiger partial charge is 0.168 e. The first kappa shape index (κ1) is 10.9. The molecule has 0 amide bonds. The summed E-state index contributed by atoms with van der Waals surface area (Å²) in [5, 5.41) is 0.300. The Morgan fingerprint density at radius 2 is 2.00 bits per heavy atom. The van der Waals surface area contributed by atoms with Crippen molar-refractivity contribution in [3.05, 3.63) is 53.9 Å². The van der Waals surface area contributed by atoms with E-state index in [1.54, 1.807) is 31.5 Å². The van der Waals surface area contributed by atoms with Crippen LogP contribution in [0.4, 0.5) is 8.78 Å². The zero-order chi connectivity index (χ0) is 12.7. The minimum absolute atomic E-state index is 0.300. The number of aromatic nitrogens is 2. The highest BCUT2D eigenvalue weighted by atomic mass is 19.2. The van der Waals surface area contributed by atoms with E-state index < -0.39 is 11.6 Å². The van der Waals surface area contributed by atoms with Crippen LogP contribution in [-0.4, -0.2) is 9.97 Å². The first-order valence-electron chi connectivity index (χ1n) is 5.55. The lowest BCUT2D eigenvalue weighted by molar-refractivity contribution is 0.517. The van der Waals surface area contributed by atoms with E-state index >= 15 is 0 Å². The van der Waals surface area contributed by atoms with E-state index in [1.165, 1.54) is 0 Å². The van der Waals surface area contributed by atoms with Gasteiger partial charge >= 0.3 is 0 Å². The molecule has 3 aromatic rings. The molecular weight excluding hydrogens is 234 g/mol. The SMILES string of the molecule is Cc1c(-c2cccnc2)[nH]c2ccc(F)c(F)c12. The first-order chi connectivity index (χ1) is 8.68. The summed E-state index contributed by atoms with van der Waals surface area (Å²) in [4.78, 5) is 7.13. The third kappa shape index (κ3) is 1.49. The molecule has 18 heavy (non-hydrogen) atoms. The van der Waals surface area contributed by atoms with Crippen LogP contribution in [0, 0.1) is 18.6 Å². The maximum atomic E-state index is 13.8. The topological polar surface area (TPSA) is 28.7 Å². The molecule has 4 heteroatoms. The zero-order valence-corrected chi connectivity index (χ0v) is 9.67. The molecule has 0 atom stereocenters. The molecule has 0 fully saturated rings. The molecule has 2 nitrogen and oxygen atoms in total. The highest BCUT2D eigenvalue weighted by Crippen LogP contribution is 2.31. The Hall–Kier alpha value is -2.23. The molecule has 2 heterocycles. The van der Waals surface area contributed by atoms with Crippen molar-refractivity contribution >= 4 is 10.9 Å². The predicted octanol–water partition coefficient (Wildman–Crippen LogP) is 3.82. The highest BCUT2D eigenvalue weighted by molar-refractivity contribution is 5.90. The third-order valence-electron chi connectivity index (χ3n) is 3.05. The third-order valence-corrected chi connectivity index (χ3v) is 3.05. The number of aromatic amines is 1. The minimum atomic E-state index is -0.831. The van der Waals surface area contributed by atoms with Crippen molar-refractivity contribution in [2.75, 3.05) is 0 Å². The molecule has 2 aromatic heterocycles. The summed E-state index contributed by atoms with van der Waals surface area (Å²) >= 11 is 0. The van der Waals surface area contributed by atoms with Crippen molar-refractivity contribution in [1.29, 1.82) is 0 Å². The van der Waals surface area contributed by atoms with Crippen LogP contribution < -0.4 is 0 Å². The Morgan fingerprint density at radius 1 is 1.17 bits per heavy atom. The Kier molecular flexibility index (Phi) is 2.37. The summed E-state index contributed by atoms with van der Waals surface area (Å²) in [6.45, 7) is 1.77. The number of hydrogen-bond donors (Lipinski definition) is 1. The highest BCUT2D eigenvalue weighted by Gasteiger charge is 2.15. The summed E-state index contributed by atoms with van der Waals surface area (Å²) < 4.78 is 27.0. The lowest BCUT2D eigenvalue weighted by atomic mass is 10.1. The van der Waals surface area contributed by atoms with Gasteiger partial charge in [-0.2, -0.15) is 0 Å². The molecule has 0 radical (unpaired) electrons. The fraction of sp³-hybridized carbons (Fsp3) is 0.0714. The lowest BCUT2D eigenvalue weighted by Crippen LogP contribution is -1.85. The molecule has 1 N–H and O–H groups in total. The van der Waals surface area contributed by atoms with Gasteiger partial charge in [0.05, 0.1) is 5.69 Å². The van der Waals surface area contributed by atoms with Gasteiger partial charge in [-0.05, 0) is 36.8 Å². The van der Waals surface area contributed by atoms with Crippen LogP contribution in [0.5, 0.6) is 0 Å². The molecule has 0 spiro atoms.